The molecule has 0 bridgehead atoms. The first kappa shape index (κ1) is 16.2. The highest BCUT2D eigenvalue weighted by atomic mass is 32.2. The van der Waals surface area contributed by atoms with E-state index >= 15 is 0 Å². The molecule has 0 aliphatic carbocycles. The van der Waals surface area contributed by atoms with Gasteiger partial charge in [-0.15, -0.1) is 21.5 Å². The van der Waals surface area contributed by atoms with E-state index in [0.29, 0.717) is 0 Å². The largest absolute Gasteiger partial charge is 0.306 e. The molecule has 0 unspecified atom stereocenters. The van der Waals surface area contributed by atoms with Crippen LogP contribution in [-0.2, 0) is 18.7 Å². The fourth-order valence-corrected chi connectivity index (χ4v) is 4.38. The number of nitrogens with zero attached hydrogens (tertiary/aromatic N) is 4. The molecule has 0 atom stereocenters. The van der Waals surface area contributed by atoms with Crippen molar-refractivity contribution < 1.29 is 0 Å². The summed E-state index contributed by atoms with van der Waals surface area (Å²) in [5, 5.41) is 12.8. The van der Waals surface area contributed by atoms with E-state index in [4.69, 9.17) is 4.98 Å². The molecule has 0 spiro atoms. The molecule has 0 fully saturated rings. The molecule has 6 heteroatoms. The molecule has 4 nitrogen and oxygen atoms in total. The van der Waals surface area contributed by atoms with Crippen LogP contribution >= 0.6 is 23.1 Å². The lowest BCUT2D eigenvalue weighted by molar-refractivity contribution is 0.647. The Labute approximate surface area is 145 Å². The molecule has 23 heavy (non-hydrogen) atoms. The van der Waals surface area contributed by atoms with Crippen molar-refractivity contribution in [1.82, 2.24) is 19.7 Å². The second kappa shape index (κ2) is 7.27. The van der Waals surface area contributed by atoms with Gasteiger partial charge in [-0.2, -0.15) is 0 Å². The van der Waals surface area contributed by atoms with Crippen LogP contribution in [0.25, 0.3) is 10.6 Å². The molecule has 3 rings (SSSR count). The molecule has 120 valence electrons. The minimum atomic E-state index is 0.824. The molecule has 0 amide bonds. The van der Waals surface area contributed by atoms with Crippen LogP contribution in [0.2, 0.25) is 0 Å². The first-order chi connectivity index (χ1) is 11.2. The molecule has 0 radical (unpaired) electrons. The fourth-order valence-electron chi connectivity index (χ4n) is 2.45. The number of thioether (sulfide) groups is 1. The van der Waals surface area contributed by atoms with Crippen molar-refractivity contribution in [2.24, 2.45) is 0 Å². The first-order valence-corrected chi connectivity index (χ1v) is 9.64. The molecule has 3 aromatic rings. The van der Waals surface area contributed by atoms with Gasteiger partial charge in [0.2, 0.25) is 0 Å². The molecular formula is C17H20N4S2. The Kier molecular flexibility index (Phi) is 5.13. The van der Waals surface area contributed by atoms with Gasteiger partial charge in [-0.05, 0) is 19.4 Å². The van der Waals surface area contributed by atoms with E-state index in [2.05, 4.69) is 65.2 Å². The zero-order chi connectivity index (χ0) is 16.2. The third-order valence-corrected chi connectivity index (χ3v) is 5.63. The second-order valence-electron chi connectivity index (χ2n) is 5.24. The van der Waals surface area contributed by atoms with Crippen molar-refractivity contribution >= 4 is 23.1 Å². The maximum atomic E-state index is 4.78. The summed E-state index contributed by atoms with van der Waals surface area (Å²) in [7, 11) is 0. The summed E-state index contributed by atoms with van der Waals surface area (Å²) in [6.45, 7) is 7.27. The Bertz CT molecular complexity index is 791. The van der Waals surface area contributed by atoms with E-state index in [1.54, 1.807) is 23.1 Å². The van der Waals surface area contributed by atoms with Gasteiger partial charge in [0.05, 0.1) is 5.69 Å². The van der Waals surface area contributed by atoms with Gasteiger partial charge in [0, 0.05) is 29.7 Å². The summed E-state index contributed by atoms with van der Waals surface area (Å²) >= 11 is 3.41. The number of benzene rings is 1. The van der Waals surface area contributed by atoms with E-state index in [1.807, 2.05) is 0 Å². The van der Waals surface area contributed by atoms with Crippen LogP contribution in [0, 0.1) is 6.92 Å². The first-order valence-electron chi connectivity index (χ1n) is 7.78. The number of thiazole rings is 1. The van der Waals surface area contributed by atoms with Crippen LogP contribution in [0.4, 0.5) is 0 Å². The van der Waals surface area contributed by atoms with Gasteiger partial charge in [0.1, 0.15) is 10.8 Å². The Morgan fingerprint density at radius 2 is 2.00 bits per heavy atom. The highest BCUT2D eigenvalue weighted by Crippen LogP contribution is 2.29. The SMILES string of the molecule is CCc1nnc(SCc2csc(-c3ccccc3C)n2)n1CC. The van der Waals surface area contributed by atoms with Crippen molar-refractivity contribution in [3.05, 3.63) is 46.7 Å². The molecule has 1 aromatic carbocycles. The van der Waals surface area contributed by atoms with Gasteiger partial charge in [0.15, 0.2) is 5.16 Å². The van der Waals surface area contributed by atoms with Crippen LogP contribution in [0.1, 0.15) is 30.9 Å². The molecule has 2 heterocycles. The molecule has 0 aliphatic heterocycles. The minimum Gasteiger partial charge on any atom is -0.306 e. The van der Waals surface area contributed by atoms with Crippen molar-refractivity contribution in [1.29, 1.82) is 0 Å². The number of aromatic nitrogens is 4. The third-order valence-electron chi connectivity index (χ3n) is 3.70. The lowest BCUT2D eigenvalue weighted by Gasteiger charge is -2.04. The van der Waals surface area contributed by atoms with Crippen molar-refractivity contribution in [3.63, 3.8) is 0 Å². The molecular weight excluding hydrogens is 324 g/mol. The van der Waals surface area contributed by atoms with Crippen molar-refractivity contribution in [3.8, 4) is 10.6 Å². The number of hydrogen-bond donors (Lipinski definition) is 0. The van der Waals surface area contributed by atoms with E-state index < -0.39 is 0 Å². The summed E-state index contributed by atoms with van der Waals surface area (Å²) in [6.07, 6.45) is 0.912. The lowest BCUT2D eigenvalue weighted by atomic mass is 10.1. The zero-order valence-corrected chi connectivity index (χ0v) is 15.2. The van der Waals surface area contributed by atoms with E-state index in [9.17, 15) is 0 Å². The van der Waals surface area contributed by atoms with Crippen LogP contribution in [-0.4, -0.2) is 19.7 Å². The number of hydrogen-bond acceptors (Lipinski definition) is 5. The predicted molar refractivity (Wildman–Crippen MR) is 96.9 cm³/mol. The Morgan fingerprint density at radius 1 is 1.17 bits per heavy atom. The second-order valence-corrected chi connectivity index (χ2v) is 7.04. The van der Waals surface area contributed by atoms with Crippen LogP contribution in [0.3, 0.4) is 0 Å². The smallest absolute Gasteiger partial charge is 0.191 e. The van der Waals surface area contributed by atoms with Gasteiger partial charge >= 0.3 is 0 Å². The van der Waals surface area contributed by atoms with Gasteiger partial charge in [0.25, 0.3) is 0 Å². The van der Waals surface area contributed by atoms with Crippen LogP contribution in [0.15, 0.2) is 34.8 Å². The summed E-state index contributed by atoms with van der Waals surface area (Å²) in [5.41, 5.74) is 3.58. The van der Waals surface area contributed by atoms with E-state index in [-0.39, 0.29) is 0 Å². The summed E-state index contributed by atoms with van der Waals surface area (Å²) in [5.74, 6) is 1.87. The van der Waals surface area contributed by atoms with Gasteiger partial charge in [-0.3, -0.25) is 0 Å². The van der Waals surface area contributed by atoms with Crippen molar-refractivity contribution in [2.45, 2.75) is 44.6 Å². The average molecular weight is 345 g/mol. The van der Waals surface area contributed by atoms with Gasteiger partial charge < -0.3 is 4.57 Å². The molecule has 0 saturated heterocycles. The number of aryl methyl sites for hydroxylation is 2. The summed E-state index contributed by atoms with van der Waals surface area (Å²) in [4.78, 5) is 4.78. The molecule has 0 N–H and O–H groups in total. The average Bonchev–Trinajstić information content (AvgIpc) is 3.19. The lowest BCUT2D eigenvalue weighted by Crippen LogP contribution is -2.02. The summed E-state index contributed by atoms with van der Waals surface area (Å²) < 4.78 is 2.18. The Morgan fingerprint density at radius 3 is 2.74 bits per heavy atom. The normalized spacial score (nSPS) is 11.1. The Balaban J connectivity index is 1.73. The topological polar surface area (TPSA) is 43.6 Å². The molecule has 0 aliphatic rings. The highest BCUT2D eigenvalue weighted by Gasteiger charge is 2.12. The fraction of sp³-hybridized carbons (Fsp3) is 0.353. The van der Waals surface area contributed by atoms with E-state index in [0.717, 1.165) is 40.4 Å². The number of rotatable bonds is 6. The quantitative estimate of drug-likeness (QED) is 0.614. The molecule has 0 saturated carbocycles. The monoisotopic (exact) mass is 344 g/mol. The predicted octanol–water partition coefficient (Wildman–Crippen LogP) is 4.58. The standard InChI is InChI=1S/C17H20N4S2/c1-4-15-19-20-17(21(15)5-2)23-11-13-10-22-16(18-13)14-9-7-6-8-12(14)3/h6-10H,4-5,11H2,1-3H3. The highest BCUT2D eigenvalue weighted by molar-refractivity contribution is 7.98. The minimum absolute atomic E-state index is 0.824. The maximum Gasteiger partial charge on any atom is 0.191 e. The maximum absolute atomic E-state index is 4.78. The van der Waals surface area contributed by atoms with Crippen molar-refractivity contribution in [2.75, 3.05) is 0 Å². The Hall–Kier alpha value is -1.66. The summed E-state index contributed by atoms with van der Waals surface area (Å²) in [6, 6.07) is 8.38. The van der Waals surface area contributed by atoms with Gasteiger partial charge in [-0.25, -0.2) is 4.98 Å². The molecule has 2 aromatic heterocycles. The van der Waals surface area contributed by atoms with Crippen LogP contribution in [0.5, 0.6) is 0 Å². The zero-order valence-electron chi connectivity index (χ0n) is 13.6. The van der Waals surface area contributed by atoms with E-state index in [1.165, 1.54) is 11.1 Å². The van der Waals surface area contributed by atoms with Crippen LogP contribution < -0.4 is 0 Å². The van der Waals surface area contributed by atoms with Gasteiger partial charge in [-0.1, -0.05) is 43.0 Å². The third kappa shape index (κ3) is 3.48.